The number of aliphatic hydroxyl groups excluding tert-OH is 1. The quantitative estimate of drug-likeness (QED) is 0.636. The van der Waals surface area contributed by atoms with Crippen LogP contribution < -0.4 is 9.64 Å². The van der Waals surface area contributed by atoms with Crippen LogP contribution in [0.3, 0.4) is 0 Å². The van der Waals surface area contributed by atoms with Gasteiger partial charge in [-0.05, 0) is 23.8 Å². The molecule has 1 atom stereocenters. The predicted molar refractivity (Wildman–Crippen MR) is 83.8 cm³/mol. The number of aromatic nitrogens is 2. The number of fused-ring (bicyclic) bond motifs is 1. The van der Waals surface area contributed by atoms with Crippen LogP contribution >= 0.6 is 0 Å². The molecule has 0 aliphatic carbocycles. The first-order valence-corrected chi connectivity index (χ1v) is 7.34. The number of ether oxygens (including phenoxy) is 1. The predicted octanol–water partition coefficient (Wildman–Crippen LogP) is 1.22. The Labute approximate surface area is 133 Å². The van der Waals surface area contributed by atoms with E-state index in [2.05, 4.69) is 11.2 Å². The molecule has 0 saturated heterocycles. The number of rotatable bonds is 6. The summed E-state index contributed by atoms with van der Waals surface area (Å²) in [4.78, 5) is 12.1. The Hall–Kier alpha value is -2.61. The Morgan fingerprint density at radius 3 is 3.13 bits per heavy atom. The molecule has 1 N–H and O–H groups in total. The summed E-state index contributed by atoms with van der Waals surface area (Å²) in [7, 11) is 1.90. The van der Waals surface area contributed by atoms with E-state index in [0.717, 1.165) is 17.9 Å². The number of hydrogen-bond acceptors (Lipinski definition) is 6. The smallest absolute Gasteiger partial charge is 0.306 e. The zero-order valence-electron chi connectivity index (χ0n) is 12.8. The SMILES string of the molecule is CN(CC(O)Cn1cc([N+](=O)[O-])cn1)c1ccc2c(c1)CCO2. The van der Waals surface area contributed by atoms with Crippen LogP contribution in [0, 0.1) is 10.1 Å². The maximum absolute atomic E-state index is 10.6. The van der Waals surface area contributed by atoms with Gasteiger partial charge in [0.1, 0.15) is 18.1 Å². The molecule has 0 radical (unpaired) electrons. The lowest BCUT2D eigenvalue weighted by Crippen LogP contribution is -2.32. The number of hydrogen-bond donors (Lipinski definition) is 1. The van der Waals surface area contributed by atoms with Gasteiger partial charge in [-0.2, -0.15) is 5.10 Å². The monoisotopic (exact) mass is 318 g/mol. The van der Waals surface area contributed by atoms with Crippen LogP contribution in [-0.4, -0.2) is 46.1 Å². The lowest BCUT2D eigenvalue weighted by molar-refractivity contribution is -0.385. The molecule has 1 aliphatic rings. The van der Waals surface area contributed by atoms with Gasteiger partial charge < -0.3 is 14.7 Å². The number of nitrogens with zero attached hydrogens (tertiary/aromatic N) is 4. The first-order valence-electron chi connectivity index (χ1n) is 7.34. The average Bonchev–Trinajstić information content (AvgIpc) is 3.14. The second-order valence-electron chi connectivity index (χ2n) is 5.60. The van der Waals surface area contributed by atoms with E-state index >= 15 is 0 Å². The highest BCUT2D eigenvalue weighted by Gasteiger charge is 2.16. The molecule has 122 valence electrons. The summed E-state index contributed by atoms with van der Waals surface area (Å²) >= 11 is 0. The Balaban J connectivity index is 1.60. The van der Waals surface area contributed by atoms with E-state index in [0.29, 0.717) is 13.2 Å². The topological polar surface area (TPSA) is 93.7 Å². The summed E-state index contributed by atoms with van der Waals surface area (Å²) in [6, 6.07) is 5.96. The van der Waals surface area contributed by atoms with E-state index in [-0.39, 0.29) is 12.2 Å². The normalized spacial score (nSPS) is 14.2. The zero-order valence-corrected chi connectivity index (χ0v) is 12.8. The number of nitro groups is 1. The van der Waals surface area contributed by atoms with Crippen molar-refractivity contribution in [1.29, 1.82) is 0 Å². The summed E-state index contributed by atoms with van der Waals surface area (Å²) < 4.78 is 6.86. The molecule has 1 aromatic heterocycles. The summed E-state index contributed by atoms with van der Waals surface area (Å²) in [5.74, 6) is 0.923. The third kappa shape index (κ3) is 3.42. The van der Waals surface area contributed by atoms with Crippen LogP contribution in [0.25, 0.3) is 0 Å². The lowest BCUT2D eigenvalue weighted by atomic mass is 10.1. The van der Waals surface area contributed by atoms with Gasteiger partial charge in [-0.1, -0.05) is 0 Å². The highest BCUT2D eigenvalue weighted by molar-refractivity contribution is 5.53. The van der Waals surface area contributed by atoms with Crippen molar-refractivity contribution >= 4 is 11.4 Å². The second-order valence-corrected chi connectivity index (χ2v) is 5.60. The molecular weight excluding hydrogens is 300 g/mol. The van der Waals surface area contributed by atoms with Gasteiger partial charge in [-0.3, -0.25) is 14.8 Å². The van der Waals surface area contributed by atoms with Crippen molar-refractivity contribution in [3.8, 4) is 5.75 Å². The number of benzene rings is 1. The second kappa shape index (κ2) is 6.25. The molecule has 1 aromatic carbocycles. The molecule has 8 heteroatoms. The van der Waals surface area contributed by atoms with Crippen molar-refractivity contribution in [2.75, 3.05) is 25.1 Å². The minimum absolute atomic E-state index is 0.0795. The molecule has 2 heterocycles. The van der Waals surface area contributed by atoms with Crippen molar-refractivity contribution in [2.24, 2.45) is 0 Å². The Kier molecular flexibility index (Phi) is 4.16. The molecule has 2 aromatic rings. The van der Waals surface area contributed by atoms with Gasteiger partial charge in [0.2, 0.25) is 0 Å². The Bertz CT molecular complexity index is 715. The third-order valence-electron chi connectivity index (χ3n) is 3.83. The maximum Gasteiger partial charge on any atom is 0.306 e. The van der Waals surface area contributed by atoms with Crippen LogP contribution in [0.5, 0.6) is 5.75 Å². The fourth-order valence-electron chi connectivity index (χ4n) is 2.65. The van der Waals surface area contributed by atoms with E-state index < -0.39 is 11.0 Å². The van der Waals surface area contributed by atoms with E-state index in [4.69, 9.17) is 4.74 Å². The molecule has 0 spiro atoms. The minimum atomic E-state index is -0.691. The van der Waals surface area contributed by atoms with Gasteiger partial charge in [-0.25, -0.2) is 0 Å². The highest BCUT2D eigenvalue weighted by Crippen LogP contribution is 2.29. The van der Waals surface area contributed by atoms with Crippen molar-refractivity contribution in [3.63, 3.8) is 0 Å². The van der Waals surface area contributed by atoms with Gasteiger partial charge in [0, 0.05) is 25.7 Å². The number of anilines is 1. The molecule has 1 aliphatic heterocycles. The van der Waals surface area contributed by atoms with Gasteiger partial charge >= 0.3 is 5.69 Å². The number of likely N-dealkylation sites (N-methyl/N-ethyl adjacent to an activating group) is 1. The first-order chi connectivity index (χ1) is 11.0. The fraction of sp³-hybridized carbons (Fsp3) is 0.400. The highest BCUT2D eigenvalue weighted by atomic mass is 16.6. The molecule has 0 saturated carbocycles. The standard InChI is InChI=1S/C15H18N4O4/c1-17(12-2-3-15-11(6-12)4-5-23-15)9-14(20)10-18-8-13(7-16-18)19(21)22/h2-3,6-8,14,20H,4-5,9-10H2,1H3. The van der Waals surface area contributed by atoms with Crippen LogP contribution in [0.4, 0.5) is 11.4 Å². The van der Waals surface area contributed by atoms with E-state index in [1.54, 1.807) is 0 Å². The van der Waals surface area contributed by atoms with Gasteiger partial charge in [-0.15, -0.1) is 0 Å². The van der Waals surface area contributed by atoms with Crippen molar-refractivity contribution in [1.82, 2.24) is 9.78 Å². The van der Waals surface area contributed by atoms with E-state index in [1.807, 2.05) is 24.1 Å². The fourth-order valence-corrected chi connectivity index (χ4v) is 2.65. The van der Waals surface area contributed by atoms with Crippen molar-refractivity contribution < 1.29 is 14.8 Å². The largest absolute Gasteiger partial charge is 0.493 e. The first kappa shape index (κ1) is 15.3. The molecule has 3 rings (SSSR count). The van der Waals surface area contributed by atoms with Crippen LogP contribution in [0.15, 0.2) is 30.6 Å². The Morgan fingerprint density at radius 1 is 1.57 bits per heavy atom. The number of aliphatic hydroxyl groups is 1. The Morgan fingerprint density at radius 2 is 2.39 bits per heavy atom. The van der Waals surface area contributed by atoms with Gasteiger partial charge in [0.25, 0.3) is 0 Å². The van der Waals surface area contributed by atoms with Crippen LogP contribution in [0.1, 0.15) is 5.56 Å². The van der Waals surface area contributed by atoms with Gasteiger partial charge in [0.15, 0.2) is 0 Å². The van der Waals surface area contributed by atoms with E-state index in [1.165, 1.54) is 22.6 Å². The molecule has 0 fully saturated rings. The zero-order chi connectivity index (χ0) is 16.4. The maximum atomic E-state index is 10.6. The molecule has 0 bridgehead atoms. The summed E-state index contributed by atoms with van der Waals surface area (Å²) in [6.07, 6.45) is 2.70. The molecule has 0 amide bonds. The molecule has 23 heavy (non-hydrogen) atoms. The molecule has 1 unspecified atom stereocenters. The summed E-state index contributed by atoms with van der Waals surface area (Å²) in [5.41, 5.74) is 2.09. The third-order valence-corrected chi connectivity index (χ3v) is 3.83. The average molecular weight is 318 g/mol. The van der Waals surface area contributed by atoms with Crippen LogP contribution in [-0.2, 0) is 13.0 Å². The summed E-state index contributed by atoms with van der Waals surface area (Å²) in [6.45, 7) is 1.31. The molecule has 8 nitrogen and oxygen atoms in total. The van der Waals surface area contributed by atoms with Gasteiger partial charge in [0.05, 0.1) is 24.2 Å². The lowest BCUT2D eigenvalue weighted by Gasteiger charge is -2.23. The van der Waals surface area contributed by atoms with Crippen molar-refractivity contribution in [3.05, 3.63) is 46.3 Å². The van der Waals surface area contributed by atoms with Crippen LogP contribution in [0.2, 0.25) is 0 Å². The minimum Gasteiger partial charge on any atom is -0.493 e. The van der Waals surface area contributed by atoms with Crippen molar-refractivity contribution in [2.45, 2.75) is 19.1 Å². The van der Waals surface area contributed by atoms with E-state index in [9.17, 15) is 15.2 Å². The summed E-state index contributed by atoms with van der Waals surface area (Å²) in [5, 5.41) is 24.7. The molecular formula is C15H18N4O4.